The summed E-state index contributed by atoms with van der Waals surface area (Å²) in [5, 5.41) is 11.4. The van der Waals surface area contributed by atoms with Crippen molar-refractivity contribution in [2.75, 3.05) is 0 Å². The van der Waals surface area contributed by atoms with E-state index in [-0.39, 0.29) is 23.7 Å². The van der Waals surface area contributed by atoms with Gasteiger partial charge in [0.25, 0.3) is 0 Å². The second-order valence-corrected chi connectivity index (χ2v) is 2.44. The van der Waals surface area contributed by atoms with Crippen molar-refractivity contribution in [1.29, 1.82) is 0 Å². The van der Waals surface area contributed by atoms with Gasteiger partial charge in [-0.25, -0.2) is 0 Å². The van der Waals surface area contributed by atoms with Crippen LogP contribution in [0.15, 0.2) is 24.1 Å². The molecule has 12 heavy (non-hydrogen) atoms. The van der Waals surface area contributed by atoms with Gasteiger partial charge in [-0.15, -0.1) is 0 Å². The smallest absolute Gasteiger partial charge is 0.247 e. The number of Topliss-reactive ketones (excluding diaryl/α,β-unsaturated/α-hetero) is 1. The van der Waals surface area contributed by atoms with E-state index in [1.807, 2.05) is 0 Å². The predicted molar refractivity (Wildman–Crippen MR) is 42.2 cm³/mol. The molecular formula is C8H9NO3. The van der Waals surface area contributed by atoms with Gasteiger partial charge in [-0.2, -0.15) is 0 Å². The molecule has 0 radical (unpaired) electrons. The van der Waals surface area contributed by atoms with Crippen LogP contribution in [0.1, 0.15) is 12.8 Å². The number of hydrogen-bond acceptors (Lipinski definition) is 3. The molecule has 0 aromatic heterocycles. The average Bonchev–Trinajstić information content (AvgIpc) is 2.35. The summed E-state index contributed by atoms with van der Waals surface area (Å²) in [6.45, 7) is 3.23. The van der Waals surface area contributed by atoms with E-state index in [0.29, 0.717) is 6.42 Å². The Morgan fingerprint density at radius 1 is 1.58 bits per heavy atom. The van der Waals surface area contributed by atoms with Crippen molar-refractivity contribution >= 4 is 11.7 Å². The van der Waals surface area contributed by atoms with Crippen LogP contribution in [0.25, 0.3) is 0 Å². The molecule has 0 unspecified atom stereocenters. The van der Waals surface area contributed by atoms with E-state index in [1.165, 1.54) is 0 Å². The lowest BCUT2D eigenvalue weighted by Crippen LogP contribution is -2.24. The van der Waals surface area contributed by atoms with Crippen LogP contribution in [-0.2, 0) is 9.59 Å². The Balaban J connectivity index is 2.74. The topological polar surface area (TPSA) is 66.4 Å². The Morgan fingerprint density at radius 3 is 2.67 bits per heavy atom. The van der Waals surface area contributed by atoms with E-state index in [9.17, 15) is 9.59 Å². The molecule has 64 valence electrons. The number of allylic oxidation sites excluding steroid dienone is 2. The van der Waals surface area contributed by atoms with Crippen molar-refractivity contribution in [1.82, 2.24) is 5.32 Å². The summed E-state index contributed by atoms with van der Waals surface area (Å²) >= 11 is 0. The van der Waals surface area contributed by atoms with E-state index < -0.39 is 5.91 Å². The van der Waals surface area contributed by atoms with Crippen molar-refractivity contribution in [3.8, 4) is 0 Å². The summed E-state index contributed by atoms with van der Waals surface area (Å²) < 4.78 is 0. The molecule has 0 fully saturated rings. The minimum absolute atomic E-state index is 0.0138. The Hall–Kier alpha value is -1.58. The molecular weight excluding hydrogens is 158 g/mol. The lowest BCUT2D eigenvalue weighted by Gasteiger charge is -2.00. The Kier molecular flexibility index (Phi) is 2.28. The van der Waals surface area contributed by atoms with Gasteiger partial charge in [0.05, 0.1) is 0 Å². The molecule has 0 atom stereocenters. The molecule has 0 heterocycles. The Labute approximate surface area is 69.6 Å². The standard InChI is InChI=1S/C8H9NO3/c1-2-7(12)9-8-5(10)3-4-6(8)11/h2,10H,1,3-4H2,(H,9,12). The highest BCUT2D eigenvalue weighted by atomic mass is 16.3. The molecule has 1 rings (SSSR count). The van der Waals surface area contributed by atoms with Crippen LogP contribution in [0.4, 0.5) is 0 Å². The maximum absolute atomic E-state index is 11.0. The minimum atomic E-state index is -0.480. The van der Waals surface area contributed by atoms with E-state index in [0.717, 1.165) is 6.08 Å². The average molecular weight is 167 g/mol. The number of carbonyl (C=O) groups is 2. The van der Waals surface area contributed by atoms with Crippen LogP contribution in [-0.4, -0.2) is 16.8 Å². The zero-order valence-electron chi connectivity index (χ0n) is 6.46. The first-order valence-corrected chi connectivity index (χ1v) is 3.54. The van der Waals surface area contributed by atoms with Crippen molar-refractivity contribution < 1.29 is 14.7 Å². The lowest BCUT2D eigenvalue weighted by atomic mass is 10.3. The third-order valence-corrected chi connectivity index (χ3v) is 1.59. The van der Waals surface area contributed by atoms with Gasteiger partial charge in [0.15, 0.2) is 5.78 Å². The summed E-state index contributed by atoms with van der Waals surface area (Å²) in [4.78, 5) is 21.7. The quantitative estimate of drug-likeness (QED) is 0.586. The summed E-state index contributed by atoms with van der Waals surface area (Å²) in [6.07, 6.45) is 1.62. The monoisotopic (exact) mass is 167 g/mol. The van der Waals surface area contributed by atoms with Crippen molar-refractivity contribution in [2.45, 2.75) is 12.8 Å². The Bertz CT molecular complexity index is 278. The fourth-order valence-corrected chi connectivity index (χ4v) is 0.959. The summed E-state index contributed by atoms with van der Waals surface area (Å²) in [6, 6.07) is 0. The molecule has 4 nitrogen and oxygen atoms in total. The van der Waals surface area contributed by atoms with Crippen LogP contribution < -0.4 is 5.32 Å². The largest absolute Gasteiger partial charge is 0.510 e. The van der Waals surface area contributed by atoms with E-state index >= 15 is 0 Å². The summed E-state index contributed by atoms with van der Waals surface area (Å²) in [5.74, 6) is -0.760. The van der Waals surface area contributed by atoms with E-state index in [4.69, 9.17) is 5.11 Å². The first kappa shape index (κ1) is 8.52. The van der Waals surface area contributed by atoms with E-state index in [2.05, 4.69) is 11.9 Å². The zero-order valence-corrected chi connectivity index (χ0v) is 6.46. The Morgan fingerprint density at radius 2 is 2.25 bits per heavy atom. The molecule has 0 bridgehead atoms. The van der Waals surface area contributed by atoms with Crippen LogP contribution >= 0.6 is 0 Å². The van der Waals surface area contributed by atoms with Crippen molar-refractivity contribution in [2.24, 2.45) is 0 Å². The van der Waals surface area contributed by atoms with Gasteiger partial charge in [0, 0.05) is 12.8 Å². The van der Waals surface area contributed by atoms with Gasteiger partial charge in [-0.3, -0.25) is 9.59 Å². The number of ketones is 1. The van der Waals surface area contributed by atoms with Gasteiger partial charge in [-0.05, 0) is 6.08 Å². The molecule has 0 saturated carbocycles. The molecule has 0 aliphatic heterocycles. The fourth-order valence-electron chi connectivity index (χ4n) is 0.959. The number of nitrogens with one attached hydrogen (secondary N) is 1. The highest BCUT2D eigenvalue weighted by Gasteiger charge is 2.23. The molecule has 1 aliphatic carbocycles. The second kappa shape index (κ2) is 3.21. The third-order valence-electron chi connectivity index (χ3n) is 1.59. The highest BCUT2D eigenvalue weighted by molar-refractivity contribution is 6.03. The fraction of sp³-hybridized carbons (Fsp3) is 0.250. The molecule has 1 amide bonds. The molecule has 4 heteroatoms. The normalized spacial score (nSPS) is 16.5. The maximum Gasteiger partial charge on any atom is 0.247 e. The van der Waals surface area contributed by atoms with E-state index in [1.54, 1.807) is 0 Å². The van der Waals surface area contributed by atoms with Gasteiger partial charge in [-0.1, -0.05) is 6.58 Å². The van der Waals surface area contributed by atoms with Crippen LogP contribution in [0, 0.1) is 0 Å². The molecule has 0 saturated heterocycles. The van der Waals surface area contributed by atoms with Crippen molar-refractivity contribution in [3.05, 3.63) is 24.1 Å². The van der Waals surface area contributed by atoms with Gasteiger partial charge >= 0.3 is 0 Å². The molecule has 0 spiro atoms. The number of hydrogen-bond donors (Lipinski definition) is 2. The number of aliphatic hydroxyl groups excluding tert-OH is 1. The first-order valence-electron chi connectivity index (χ1n) is 3.54. The number of amides is 1. The van der Waals surface area contributed by atoms with Gasteiger partial charge in [0.1, 0.15) is 11.5 Å². The molecule has 0 aromatic rings. The maximum atomic E-state index is 11.0. The molecule has 0 aromatic carbocycles. The zero-order chi connectivity index (χ0) is 9.14. The van der Waals surface area contributed by atoms with Crippen LogP contribution in [0.5, 0.6) is 0 Å². The number of carbonyl (C=O) groups excluding carboxylic acids is 2. The summed E-state index contributed by atoms with van der Waals surface area (Å²) in [5.41, 5.74) is 0.0138. The number of rotatable bonds is 2. The third kappa shape index (κ3) is 1.53. The molecule has 2 N–H and O–H groups in total. The molecule has 1 aliphatic rings. The summed E-state index contributed by atoms with van der Waals surface area (Å²) in [7, 11) is 0. The first-order chi connectivity index (χ1) is 5.65. The van der Waals surface area contributed by atoms with Crippen LogP contribution in [0.2, 0.25) is 0 Å². The van der Waals surface area contributed by atoms with Crippen LogP contribution in [0.3, 0.4) is 0 Å². The SMILES string of the molecule is C=CC(=O)NC1=C(O)CCC1=O. The lowest BCUT2D eigenvalue weighted by molar-refractivity contribution is -0.119. The predicted octanol–water partition coefficient (Wildman–Crippen LogP) is 0.421. The minimum Gasteiger partial charge on any atom is -0.510 e. The van der Waals surface area contributed by atoms with Gasteiger partial charge < -0.3 is 10.4 Å². The second-order valence-electron chi connectivity index (χ2n) is 2.44. The highest BCUT2D eigenvalue weighted by Crippen LogP contribution is 2.17. The van der Waals surface area contributed by atoms with Crippen molar-refractivity contribution in [3.63, 3.8) is 0 Å². The number of aliphatic hydroxyl groups is 1. The van der Waals surface area contributed by atoms with Gasteiger partial charge in [0.2, 0.25) is 5.91 Å².